The number of carbonyl (C=O) groups is 1. The lowest BCUT2D eigenvalue weighted by molar-refractivity contribution is 0.0128. The number of carbonyl (C=O) groups excluding carboxylic acids is 1. The summed E-state index contributed by atoms with van der Waals surface area (Å²) in [5.41, 5.74) is 5.13. The van der Waals surface area contributed by atoms with E-state index in [-0.39, 0.29) is 18.0 Å². The lowest BCUT2D eigenvalue weighted by Gasteiger charge is -2.38. The number of nitrogens with zero attached hydrogens (tertiary/aromatic N) is 2. The molecule has 1 unspecified atom stereocenters. The van der Waals surface area contributed by atoms with E-state index in [1.54, 1.807) is 4.90 Å². The normalized spacial score (nSPS) is 19.1. The quantitative estimate of drug-likeness (QED) is 0.597. The van der Waals surface area contributed by atoms with Crippen molar-refractivity contribution in [1.82, 2.24) is 9.80 Å². The predicted octanol–water partition coefficient (Wildman–Crippen LogP) is 1.25. The van der Waals surface area contributed by atoms with Crippen LogP contribution in [0.1, 0.15) is 34.1 Å². The van der Waals surface area contributed by atoms with Crippen molar-refractivity contribution in [1.29, 1.82) is 5.41 Å². The van der Waals surface area contributed by atoms with Gasteiger partial charge in [-0.2, -0.15) is 0 Å². The Balaban J connectivity index is 2.49. The SMILES string of the molecule is CCC(C(=N)N)N1CCN(C(=O)OC(C)(C)C)CC1. The molecule has 0 bridgehead atoms. The molecule has 1 heterocycles. The first-order valence-electron chi connectivity index (χ1n) is 6.80. The van der Waals surface area contributed by atoms with Gasteiger partial charge >= 0.3 is 6.09 Å². The van der Waals surface area contributed by atoms with Gasteiger partial charge in [0.15, 0.2) is 0 Å². The van der Waals surface area contributed by atoms with E-state index >= 15 is 0 Å². The van der Waals surface area contributed by atoms with Crippen molar-refractivity contribution in [2.24, 2.45) is 5.73 Å². The number of nitrogens with two attached hydrogens (primary N) is 1. The fraction of sp³-hybridized carbons (Fsp3) is 0.846. The largest absolute Gasteiger partial charge is 0.444 e. The van der Waals surface area contributed by atoms with E-state index in [2.05, 4.69) is 4.90 Å². The summed E-state index contributed by atoms with van der Waals surface area (Å²) in [4.78, 5) is 15.8. The summed E-state index contributed by atoms with van der Waals surface area (Å²) in [7, 11) is 0. The van der Waals surface area contributed by atoms with Crippen LogP contribution in [-0.4, -0.2) is 59.6 Å². The van der Waals surface area contributed by atoms with Gasteiger partial charge in [0.1, 0.15) is 11.4 Å². The van der Waals surface area contributed by atoms with Crippen molar-refractivity contribution in [3.05, 3.63) is 0 Å². The third-order valence-corrected chi connectivity index (χ3v) is 3.15. The molecule has 6 heteroatoms. The summed E-state index contributed by atoms with van der Waals surface area (Å²) >= 11 is 0. The van der Waals surface area contributed by atoms with Crippen LogP contribution in [0.3, 0.4) is 0 Å². The average Bonchev–Trinajstić information content (AvgIpc) is 2.28. The van der Waals surface area contributed by atoms with Crippen molar-refractivity contribution in [3.8, 4) is 0 Å². The van der Waals surface area contributed by atoms with Crippen molar-refractivity contribution < 1.29 is 9.53 Å². The Bertz CT molecular complexity index is 330. The topological polar surface area (TPSA) is 82.7 Å². The number of amidine groups is 1. The molecule has 3 N–H and O–H groups in total. The van der Waals surface area contributed by atoms with Gasteiger partial charge in [0.05, 0.1) is 6.04 Å². The molecule has 0 aliphatic carbocycles. The van der Waals surface area contributed by atoms with Crippen LogP contribution in [0, 0.1) is 5.41 Å². The molecular weight excluding hydrogens is 244 g/mol. The van der Waals surface area contributed by atoms with E-state index in [9.17, 15) is 4.79 Å². The van der Waals surface area contributed by atoms with Crippen molar-refractivity contribution in [2.45, 2.75) is 45.8 Å². The molecule has 110 valence electrons. The third kappa shape index (κ3) is 4.70. The fourth-order valence-corrected chi connectivity index (χ4v) is 2.22. The van der Waals surface area contributed by atoms with Gasteiger partial charge < -0.3 is 15.4 Å². The molecule has 0 aromatic rings. The van der Waals surface area contributed by atoms with Gasteiger partial charge in [0.25, 0.3) is 0 Å². The van der Waals surface area contributed by atoms with Crippen LogP contribution < -0.4 is 5.73 Å². The number of hydrogen-bond donors (Lipinski definition) is 2. The number of rotatable bonds is 3. The van der Waals surface area contributed by atoms with Crippen LogP contribution >= 0.6 is 0 Å². The van der Waals surface area contributed by atoms with Crippen LogP contribution in [0.4, 0.5) is 4.79 Å². The minimum Gasteiger partial charge on any atom is -0.444 e. The second-order valence-corrected chi connectivity index (χ2v) is 5.88. The van der Waals surface area contributed by atoms with Gasteiger partial charge in [-0.05, 0) is 27.2 Å². The standard InChI is InChI=1S/C13H26N4O2/c1-5-10(11(14)15)16-6-8-17(9-7-16)12(18)19-13(2,3)4/h10H,5-9H2,1-4H3,(H3,14,15). The zero-order valence-corrected chi connectivity index (χ0v) is 12.4. The molecule has 1 amide bonds. The lowest BCUT2D eigenvalue weighted by atomic mass is 10.1. The third-order valence-electron chi connectivity index (χ3n) is 3.15. The summed E-state index contributed by atoms with van der Waals surface area (Å²) in [6.45, 7) is 10.3. The van der Waals surface area contributed by atoms with Gasteiger partial charge in [0.2, 0.25) is 0 Å². The van der Waals surface area contributed by atoms with Crippen molar-refractivity contribution >= 4 is 11.9 Å². The van der Waals surface area contributed by atoms with Gasteiger partial charge in [-0.15, -0.1) is 0 Å². The van der Waals surface area contributed by atoms with Crippen LogP contribution in [0.15, 0.2) is 0 Å². The van der Waals surface area contributed by atoms with Gasteiger partial charge in [-0.1, -0.05) is 6.92 Å². The Labute approximate surface area is 115 Å². The minimum atomic E-state index is -0.459. The molecule has 19 heavy (non-hydrogen) atoms. The summed E-state index contributed by atoms with van der Waals surface area (Å²) < 4.78 is 5.35. The van der Waals surface area contributed by atoms with Crippen LogP contribution in [0.5, 0.6) is 0 Å². The number of piperazine rings is 1. The van der Waals surface area contributed by atoms with E-state index in [1.807, 2.05) is 27.7 Å². The minimum absolute atomic E-state index is 0.0132. The van der Waals surface area contributed by atoms with Gasteiger partial charge in [0, 0.05) is 26.2 Å². The highest BCUT2D eigenvalue weighted by Gasteiger charge is 2.29. The number of hydrogen-bond acceptors (Lipinski definition) is 4. The van der Waals surface area contributed by atoms with Crippen LogP contribution in [0.25, 0.3) is 0 Å². The average molecular weight is 270 g/mol. The Morgan fingerprint density at radius 3 is 2.21 bits per heavy atom. The van der Waals surface area contributed by atoms with Crippen LogP contribution in [-0.2, 0) is 4.74 Å². The highest BCUT2D eigenvalue weighted by atomic mass is 16.6. The van der Waals surface area contributed by atoms with E-state index in [0.29, 0.717) is 13.1 Å². The van der Waals surface area contributed by atoms with E-state index in [4.69, 9.17) is 15.9 Å². The highest BCUT2D eigenvalue weighted by Crippen LogP contribution is 2.13. The number of amides is 1. The number of ether oxygens (including phenoxy) is 1. The smallest absolute Gasteiger partial charge is 0.410 e. The lowest BCUT2D eigenvalue weighted by Crippen LogP contribution is -2.55. The zero-order chi connectivity index (χ0) is 14.6. The van der Waals surface area contributed by atoms with E-state index in [1.165, 1.54) is 0 Å². The monoisotopic (exact) mass is 270 g/mol. The molecule has 1 saturated heterocycles. The van der Waals surface area contributed by atoms with Crippen molar-refractivity contribution in [3.63, 3.8) is 0 Å². The molecule has 0 saturated carbocycles. The molecule has 1 atom stereocenters. The Morgan fingerprint density at radius 1 is 1.32 bits per heavy atom. The zero-order valence-electron chi connectivity index (χ0n) is 12.4. The van der Waals surface area contributed by atoms with E-state index in [0.717, 1.165) is 19.5 Å². The van der Waals surface area contributed by atoms with Crippen LogP contribution in [0.2, 0.25) is 0 Å². The molecular formula is C13H26N4O2. The molecule has 1 fully saturated rings. The first-order chi connectivity index (χ1) is 8.74. The second kappa shape index (κ2) is 6.23. The first kappa shape index (κ1) is 15.8. The van der Waals surface area contributed by atoms with E-state index < -0.39 is 5.60 Å². The molecule has 1 rings (SSSR count). The molecule has 0 aromatic carbocycles. The summed E-state index contributed by atoms with van der Waals surface area (Å²) in [6.07, 6.45) is 0.560. The Kier molecular flexibility index (Phi) is 5.17. The van der Waals surface area contributed by atoms with Gasteiger partial charge in [-0.25, -0.2) is 4.79 Å². The Hall–Kier alpha value is -1.30. The maximum Gasteiger partial charge on any atom is 0.410 e. The summed E-state index contributed by atoms with van der Waals surface area (Å²) in [5.74, 6) is 0.202. The number of nitrogens with one attached hydrogen (secondary N) is 1. The molecule has 6 nitrogen and oxygen atoms in total. The highest BCUT2D eigenvalue weighted by molar-refractivity contribution is 5.82. The van der Waals surface area contributed by atoms with Crippen molar-refractivity contribution in [2.75, 3.05) is 26.2 Å². The molecule has 0 radical (unpaired) electrons. The fourth-order valence-electron chi connectivity index (χ4n) is 2.22. The molecule has 1 aliphatic rings. The first-order valence-corrected chi connectivity index (χ1v) is 6.80. The second-order valence-electron chi connectivity index (χ2n) is 5.88. The van der Waals surface area contributed by atoms with Gasteiger partial charge in [-0.3, -0.25) is 10.3 Å². The molecule has 0 aromatic heterocycles. The summed E-state index contributed by atoms with van der Waals surface area (Å²) in [6, 6.07) is -0.0132. The maximum atomic E-state index is 11.9. The Morgan fingerprint density at radius 2 is 1.84 bits per heavy atom. The predicted molar refractivity (Wildman–Crippen MR) is 75.4 cm³/mol. The molecule has 1 aliphatic heterocycles. The maximum absolute atomic E-state index is 11.9. The summed E-state index contributed by atoms with van der Waals surface area (Å²) in [5, 5.41) is 7.57. The molecule has 0 spiro atoms.